The van der Waals surface area contributed by atoms with E-state index in [0.29, 0.717) is 23.3 Å². The summed E-state index contributed by atoms with van der Waals surface area (Å²) in [5.74, 6) is 7.40. The van der Waals surface area contributed by atoms with Gasteiger partial charge in [0.2, 0.25) is 11.1 Å². The van der Waals surface area contributed by atoms with Gasteiger partial charge in [0, 0.05) is 6.54 Å². The number of methoxy groups -OCH3 is 1. The van der Waals surface area contributed by atoms with Gasteiger partial charge in [-0.15, -0.1) is 10.2 Å². The topological polar surface area (TPSA) is 95.1 Å². The van der Waals surface area contributed by atoms with Crippen LogP contribution in [0, 0.1) is 0 Å². The number of nitrogens with zero attached hydrogens (tertiary/aromatic N) is 3. The smallest absolute Gasteiger partial charge is 0.230 e. The van der Waals surface area contributed by atoms with Crippen LogP contribution >= 0.6 is 11.8 Å². The Bertz CT molecular complexity index is 898. The largest absolute Gasteiger partial charge is 0.496 e. The van der Waals surface area contributed by atoms with Gasteiger partial charge in [0.25, 0.3) is 0 Å². The van der Waals surface area contributed by atoms with Gasteiger partial charge >= 0.3 is 0 Å². The van der Waals surface area contributed by atoms with Crippen molar-refractivity contribution in [3.8, 4) is 17.1 Å². The number of hydrogen-bond acceptors (Lipinski definition) is 6. The molecule has 8 heteroatoms. The predicted octanol–water partition coefficient (Wildman–Crippen LogP) is 2.12. The van der Waals surface area contributed by atoms with Crippen molar-refractivity contribution in [1.82, 2.24) is 20.2 Å². The Kier molecular flexibility index (Phi) is 6.32. The summed E-state index contributed by atoms with van der Waals surface area (Å²) in [5.41, 5.74) is 1.93. The zero-order valence-corrected chi connectivity index (χ0v) is 15.8. The summed E-state index contributed by atoms with van der Waals surface area (Å²) >= 11 is 1.24. The Balaban J connectivity index is 1.54. The molecule has 0 saturated carbocycles. The molecule has 0 spiro atoms. The SMILES string of the molecule is COc1ccccc1-c1nnc(SCC(=O)NCCc2ccccc2)n1N. The van der Waals surface area contributed by atoms with Gasteiger partial charge in [0.05, 0.1) is 18.4 Å². The molecule has 0 radical (unpaired) electrons. The Morgan fingerprint density at radius 2 is 1.89 bits per heavy atom. The normalized spacial score (nSPS) is 10.6. The number of nitrogens with two attached hydrogens (primary N) is 1. The molecular formula is C19H21N5O2S. The maximum Gasteiger partial charge on any atom is 0.230 e. The van der Waals surface area contributed by atoms with E-state index in [1.165, 1.54) is 22.0 Å². The highest BCUT2D eigenvalue weighted by Gasteiger charge is 2.16. The fourth-order valence-electron chi connectivity index (χ4n) is 2.56. The summed E-state index contributed by atoms with van der Waals surface area (Å²) in [6.45, 7) is 0.588. The second-order valence-corrected chi connectivity index (χ2v) is 6.69. The second-order valence-electron chi connectivity index (χ2n) is 5.75. The van der Waals surface area contributed by atoms with E-state index in [-0.39, 0.29) is 11.7 Å². The molecule has 2 aromatic carbocycles. The van der Waals surface area contributed by atoms with Gasteiger partial charge in [0.15, 0.2) is 5.82 Å². The van der Waals surface area contributed by atoms with Gasteiger partial charge in [-0.05, 0) is 24.1 Å². The monoisotopic (exact) mass is 383 g/mol. The number of para-hydroxylation sites is 1. The molecule has 1 aromatic heterocycles. The van der Waals surface area contributed by atoms with Crippen LogP contribution in [0.25, 0.3) is 11.4 Å². The number of nitrogens with one attached hydrogen (secondary N) is 1. The van der Waals surface area contributed by atoms with Gasteiger partial charge in [0.1, 0.15) is 5.75 Å². The molecule has 3 rings (SSSR count). The second kappa shape index (κ2) is 9.09. The zero-order valence-electron chi connectivity index (χ0n) is 15.0. The molecule has 3 N–H and O–H groups in total. The van der Waals surface area contributed by atoms with Gasteiger partial charge < -0.3 is 15.9 Å². The van der Waals surface area contributed by atoms with E-state index < -0.39 is 0 Å². The molecule has 27 heavy (non-hydrogen) atoms. The first-order chi connectivity index (χ1) is 13.2. The maximum absolute atomic E-state index is 12.0. The first-order valence-electron chi connectivity index (χ1n) is 8.46. The van der Waals surface area contributed by atoms with Crippen molar-refractivity contribution in [2.24, 2.45) is 0 Å². The quantitative estimate of drug-likeness (QED) is 0.457. The van der Waals surface area contributed by atoms with E-state index in [1.807, 2.05) is 54.6 Å². The first-order valence-corrected chi connectivity index (χ1v) is 9.45. The van der Waals surface area contributed by atoms with Crippen LogP contribution in [0.4, 0.5) is 0 Å². The molecule has 0 atom stereocenters. The van der Waals surface area contributed by atoms with Crippen LogP contribution in [0.15, 0.2) is 59.8 Å². The lowest BCUT2D eigenvalue weighted by Gasteiger charge is -2.08. The minimum atomic E-state index is -0.0715. The molecule has 1 amide bonds. The van der Waals surface area contributed by atoms with Crippen molar-refractivity contribution in [1.29, 1.82) is 0 Å². The molecule has 0 aliphatic heterocycles. The van der Waals surface area contributed by atoms with Crippen LogP contribution in [0.5, 0.6) is 5.75 Å². The van der Waals surface area contributed by atoms with E-state index in [1.54, 1.807) is 7.11 Å². The summed E-state index contributed by atoms with van der Waals surface area (Å²) in [6.07, 6.45) is 0.794. The third-order valence-corrected chi connectivity index (χ3v) is 4.87. The number of thioether (sulfide) groups is 1. The zero-order chi connectivity index (χ0) is 19.1. The lowest BCUT2D eigenvalue weighted by atomic mass is 10.1. The van der Waals surface area contributed by atoms with Crippen LogP contribution in [0.1, 0.15) is 5.56 Å². The highest BCUT2D eigenvalue weighted by Crippen LogP contribution is 2.29. The minimum Gasteiger partial charge on any atom is -0.496 e. The van der Waals surface area contributed by atoms with Gasteiger partial charge in [-0.3, -0.25) is 4.79 Å². The van der Waals surface area contributed by atoms with E-state index in [0.717, 1.165) is 12.0 Å². The molecule has 0 saturated heterocycles. The number of ether oxygens (including phenoxy) is 1. The minimum absolute atomic E-state index is 0.0715. The third-order valence-electron chi connectivity index (χ3n) is 3.92. The highest BCUT2D eigenvalue weighted by molar-refractivity contribution is 7.99. The summed E-state index contributed by atoms with van der Waals surface area (Å²) in [7, 11) is 1.59. The molecule has 0 fully saturated rings. The number of rotatable bonds is 8. The first kappa shape index (κ1) is 18.8. The Morgan fingerprint density at radius 1 is 1.15 bits per heavy atom. The van der Waals surface area contributed by atoms with Crippen molar-refractivity contribution in [2.75, 3.05) is 25.3 Å². The number of carbonyl (C=O) groups is 1. The van der Waals surface area contributed by atoms with Crippen molar-refractivity contribution in [3.05, 3.63) is 60.2 Å². The summed E-state index contributed by atoms with van der Waals surface area (Å²) < 4.78 is 6.71. The Hall–Kier alpha value is -3.00. The number of nitrogen functional groups attached to an aromatic ring is 1. The third kappa shape index (κ3) is 4.79. The van der Waals surface area contributed by atoms with Gasteiger partial charge in [-0.1, -0.05) is 54.2 Å². The fraction of sp³-hybridized carbons (Fsp3) is 0.211. The Labute approximate surface area is 161 Å². The molecule has 7 nitrogen and oxygen atoms in total. The molecule has 0 unspecified atom stereocenters. The molecule has 0 aliphatic rings. The molecule has 0 aliphatic carbocycles. The Morgan fingerprint density at radius 3 is 2.67 bits per heavy atom. The summed E-state index contributed by atoms with van der Waals surface area (Å²) in [5, 5.41) is 11.6. The van der Waals surface area contributed by atoms with Crippen LogP contribution in [-0.2, 0) is 11.2 Å². The van der Waals surface area contributed by atoms with Crippen LogP contribution < -0.4 is 15.9 Å². The van der Waals surface area contributed by atoms with Crippen LogP contribution in [0.3, 0.4) is 0 Å². The van der Waals surface area contributed by atoms with E-state index in [9.17, 15) is 4.79 Å². The molecule has 0 bridgehead atoms. The predicted molar refractivity (Wildman–Crippen MR) is 106 cm³/mol. The molecule has 1 heterocycles. The molecular weight excluding hydrogens is 362 g/mol. The number of aromatic nitrogens is 3. The number of benzene rings is 2. The lowest BCUT2D eigenvalue weighted by Crippen LogP contribution is -2.27. The average Bonchev–Trinajstić information content (AvgIpc) is 3.07. The number of carbonyl (C=O) groups excluding carboxylic acids is 1. The highest BCUT2D eigenvalue weighted by atomic mass is 32.2. The van der Waals surface area contributed by atoms with Gasteiger partial charge in [-0.2, -0.15) is 0 Å². The van der Waals surface area contributed by atoms with Crippen molar-refractivity contribution >= 4 is 17.7 Å². The lowest BCUT2D eigenvalue weighted by molar-refractivity contribution is -0.118. The van der Waals surface area contributed by atoms with Crippen LogP contribution in [-0.4, -0.2) is 40.2 Å². The van der Waals surface area contributed by atoms with Crippen molar-refractivity contribution in [2.45, 2.75) is 11.6 Å². The van der Waals surface area contributed by atoms with Gasteiger partial charge in [-0.25, -0.2) is 4.68 Å². The van der Waals surface area contributed by atoms with Crippen molar-refractivity contribution < 1.29 is 9.53 Å². The maximum atomic E-state index is 12.0. The van der Waals surface area contributed by atoms with E-state index >= 15 is 0 Å². The molecule has 3 aromatic rings. The number of amides is 1. The number of hydrogen-bond donors (Lipinski definition) is 2. The van der Waals surface area contributed by atoms with E-state index in [4.69, 9.17) is 10.6 Å². The average molecular weight is 383 g/mol. The van der Waals surface area contributed by atoms with Crippen molar-refractivity contribution in [3.63, 3.8) is 0 Å². The van der Waals surface area contributed by atoms with E-state index in [2.05, 4.69) is 15.5 Å². The summed E-state index contributed by atoms with van der Waals surface area (Å²) in [4.78, 5) is 12.0. The fourth-order valence-corrected chi connectivity index (χ4v) is 3.25. The molecule has 140 valence electrons. The van der Waals surface area contributed by atoms with Crippen LogP contribution in [0.2, 0.25) is 0 Å². The summed E-state index contributed by atoms with van der Waals surface area (Å²) in [6, 6.07) is 17.5. The standard InChI is InChI=1S/C19H21N5O2S/c1-26-16-10-6-5-9-15(16)18-22-23-19(24(18)20)27-13-17(25)21-12-11-14-7-3-2-4-8-14/h2-10H,11-13,20H2,1H3,(H,21,25).